The first-order valence-corrected chi connectivity index (χ1v) is 14.1. The largest absolute Gasteiger partial charge is 0.341 e. The fraction of sp³-hybridized carbons (Fsp3) is 0.458. The molecular weight excluding hydrogens is 502 g/mol. The Kier molecular flexibility index (Phi) is 7.79. The number of fused-ring (bicyclic) bond motifs is 1. The second-order valence-corrected chi connectivity index (χ2v) is 12.4. The fourth-order valence-electron chi connectivity index (χ4n) is 4.55. The Balaban J connectivity index is 1.56. The molecule has 1 unspecified atom stereocenters. The number of anilines is 1. The molecule has 10 nitrogen and oxygen atoms in total. The van der Waals surface area contributed by atoms with Crippen molar-refractivity contribution in [3.05, 3.63) is 45.8 Å². The van der Waals surface area contributed by atoms with E-state index in [-0.39, 0.29) is 10.5 Å². The predicted octanol–water partition coefficient (Wildman–Crippen LogP) is 2.48. The van der Waals surface area contributed by atoms with Crippen LogP contribution >= 0.6 is 11.3 Å². The van der Waals surface area contributed by atoms with Crippen LogP contribution in [0.1, 0.15) is 50.9 Å². The van der Waals surface area contributed by atoms with Gasteiger partial charge in [-0.3, -0.25) is 14.9 Å². The molecule has 1 fully saturated rings. The van der Waals surface area contributed by atoms with Crippen LogP contribution in [0.25, 0.3) is 0 Å². The Bertz CT molecular complexity index is 1270. The number of imide groups is 1. The molecule has 2 aliphatic heterocycles. The average Bonchev–Trinajstić information content (AvgIpc) is 3.20. The lowest BCUT2D eigenvalue weighted by Gasteiger charge is -2.30. The number of amides is 4. The van der Waals surface area contributed by atoms with E-state index in [9.17, 15) is 22.8 Å². The lowest BCUT2D eigenvalue weighted by atomic mass is 10.0. The summed E-state index contributed by atoms with van der Waals surface area (Å²) in [6, 6.07) is 5.20. The third-order valence-corrected chi connectivity index (χ3v) is 9.54. The molecule has 194 valence electrons. The van der Waals surface area contributed by atoms with Crippen molar-refractivity contribution < 1.29 is 22.8 Å². The smallest absolute Gasteiger partial charge is 0.321 e. The van der Waals surface area contributed by atoms with Gasteiger partial charge in [-0.15, -0.1) is 11.3 Å². The first kappa shape index (κ1) is 26.3. The van der Waals surface area contributed by atoms with Gasteiger partial charge < -0.3 is 15.5 Å². The Hall–Kier alpha value is -2.80. The number of benzene rings is 1. The monoisotopic (exact) mass is 533 g/mol. The lowest BCUT2D eigenvalue weighted by Crippen LogP contribution is -2.39. The molecular formula is C24H31N5O5S2. The number of rotatable bonds is 5. The molecule has 12 heteroatoms. The minimum absolute atomic E-state index is 0.147. The van der Waals surface area contributed by atoms with Crippen LogP contribution in [0.2, 0.25) is 0 Å². The molecule has 0 saturated carbocycles. The lowest BCUT2D eigenvalue weighted by molar-refractivity contribution is 0.0964. The van der Waals surface area contributed by atoms with Gasteiger partial charge in [0.2, 0.25) is 10.0 Å². The number of nitrogens with one attached hydrogen (secondary N) is 3. The molecule has 1 atom stereocenters. The Morgan fingerprint density at radius 3 is 2.47 bits per heavy atom. The van der Waals surface area contributed by atoms with E-state index in [0.29, 0.717) is 42.5 Å². The van der Waals surface area contributed by atoms with Crippen LogP contribution in [-0.4, -0.2) is 69.2 Å². The first-order valence-electron chi connectivity index (χ1n) is 11.9. The van der Waals surface area contributed by atoms with Crippen molar-refractivity contribution in [2.45, 2.75) is 37.6 Å². The van der Waals surface area contributed by atoms with Crippen molar-refractivity contribution in [3.63, 3.8) is 0 Å². The van der Waals surface area contributed by atoms with Gasteiger partial charge in [-0.25, -0.2) is 13.2 Å². The zero-order valence-electron chi connectivity index (χ0n) is 20.6. The molecule has 36 heavy (non-hydrogen) atoms. The van der Waals surface area contributed by atoms with Gasteiger partial charge in [-0.05, 0) is 62.1 Å². The summed E-state index contributed by atoms with van der Waals surface area (Å²) in [7, 11) is -0.234. The maximum Gasteiger partial charge on any atom is 0.321 e. The Morgan fingerprint density at radius 2 is 1.81 bits per heavy atom. The second kappa shape index (κ2) is 10.7. The standard InChI is InChI=1S/C24H31N5O5S2/c1-15-5-4-11-29(13-15)36(33,34)17-8-6-16(7-9-17)21(30)26-23-20(22(31)27-24(32)25-2)18-10-12-28(3)14-19(18)35-23/h6-9,15H,4-5,10-14H2,1-3H3,(H,26,30)(H2,25,27,31,32). The summed E-state index contributed by atoms with van der Waals surface area (Å²) in [6.07, 6.45) is 2.46. The zero-order chi connectivity index (χ0) is 26.0. The van der Waals surface area contributed by atoms with Crippen molar-refractivity contribution in [2.24, 2.45) is 5.92 Å². The number of hydrogen-bond donors (Lipinski definition) is 3. The van der Waals surface area contributed by atoms with E-state index in [0.717, 1.165) is 29.8 Å². The SMILES string of the molecule is CNC(=O)NC(=O)c1c(NC(=O)c2ccc(S(=O)(=O)N3CCCC(C)C3)cc2)sc2c1CCN(C)C2. The number of urea groups is 1. The van der Waals surface area contributed by atoms with E-state index in [2.05, 4.69) is 20.9 Å². The number of sulfonamides is 1. The van der Waals surface area contributed by atoms with Crippen LogP contribution in [0.5, 0.6) is 0 Å². The van der Waals surface area contributed by atoms with Crippen LogP contribution < -0.4 is 16.0 Å². The highest BCUT2D eigenvalue weighted by molar-refractivity contribution is 7.89. The third-order valence-electron chi connectivity index (χ3n) is 6.53. The van der Waals surface area contributed by atoms with Crippen LogP contribution in [0.15, 0.2) is 29.2 Å². The molecule has 0 spiro atoms. The number of carbonyl (C=O) groups excluding carboxylic acids is 3. The molecule has 0 radical (unpaired) electrons. The van der Waals surface area contributed by atoms with Gasteiger partial charge in [0.25, 0.3) is 11.8 Å². The van der Waals surface area contributed by atoms with Gasteiger partial charge in [0.15, 0.2) is 0 Å². The molecule has 0 bridgehead atoms. The molecule has 3 heterocycles. The summed E-state index contributed by atoms with van der Waals surface area (Å²) in [5, 5.41) is 7.81. The summed E-state index contributed by atoms with van der Waals surface area (Å²) in [5.74, 6) is -0.736. The first-order chi connectivity index (χ1) is 17.1. The second-order valence-electron chi connectivity index (χ2n) is 9.32. The molecule has 3 N–H and O–H groups in total. The van der Waals surface area contributed by atoms with Crippen molar-refractivity contribution in [1.82, 2.24) is 19.8 Å². The molecule has 4 rings (SSSR count). The highest BCUT2D eigenvalue weighted by atomic mass is 32.2. The van der Waals surface area contributed by atoms with E-state index in [1.54, 1.807) is 0 Å². The van der Waals surface area contributed by atoms with Crippen molar-refractivity contribution in [1.29, 1.82) is 0 Å². The molecule has 2 aromatic rings. The van der Waals surface area contributed by atoms with Crippen LogP contribution in [0.3, 0.4) is 0 Å². The topological polar surface area (TPSA) is 128 Å². The van der Waals surface area contributed by atoms with Crippen LogP contribution in [-0.2, 0) is 23.0 Å². The van der Waals surface area contributed by atoms with E-state index < -0.39 is 27.9 Å². The molecule has 4 amide bonds. The number of piperidine rings is 1. The minimum Gasteiger partial charge on any atom is -0.341 e. The number of likely N-dealkylation sites (N-methyl/N-ethyl adjacent to an activating group) is 1. The normalized spacial score (nSPS) is 18.8. The summed E-state index contributed by atoms with van der Waals surface area (Å²) in [5.41, 5.74) is 1.38. The van der Waals surface area contributed by atoms with Gasteiger partial charge in [-0.1, -0.05) is 6.92 Å². The average molecular weight is 534 g/mol. The van der Waals surface area contributed by atoms with E-state index in [4.69, 9.17) is 0 Å². The third kappa shape index (κ3) is 5.46. The van der Waals surface area contributed by atoms with Crippen molar-refractivity contribution >= 4 is 44.2 Å². The predicted molar refractivity (Wildman–Crippen MR) is 138 cm³/mol. The quantitative estimate of drug-likeness (QED) is 0.542. The number of carbonyl (C=O) groups is 3. The van der Waals surface area contributed by atoms with Crippen LogP contribution in [0, 0.1) is 5.92 Å². The zero-order valence-corrected chi connectivity index (χ0v) is 22.2. The molecule has 0 aliphatic carbocycles. The summed E-state index contributed by atoms with van der Waals surface area (Å²) in [6.45, 7) is 4.41. The maximum absolute atomic E-state index is 13.1. The summed E-state index contributed by atoms with van der Waals surface area (Å²) in [4.78, 5) is 40.9. The summed E-state index contributed by atoms with van der Waals surface area (Å²) < 4.78 is 27.5. The van der Waals surface area contributed by atoms with Gasteiger partial charge in [0.1, 0.15) is 5.00 Å². The highest BCUT2D eigenvalue weighted by Crippen LogP contribution is 2.37. The minimum atomic E-state index is -3.63. The van der Waals surface area contributed by atoms with E-state index in [1.165, 1.54) is 47.0 Å². The van der Waals surface area contributed by atoms with Crippen molar-refractivity contribution in [3.8, 4) is 0 Å². The van der Waals surface area contributed by atoms with E-state index >= 15 is 0 Å². The van der Waals surface area contributed by atoms with Gasteiger partial charge in [0.05, 0.1) is 10.5 Å². The van der Waals surface area contributed by atoms with Gasteiger partial charge in [0, 0.05) is 43.7 Å². The van der Waals surface area contributed by atoms with E-state index in [1.807, 2.05) is 14.0 Å². The molecule has 1 aromatic heterocycles. The summed E-state index contributed by atoms with van der Waals surface area (Å²) >= 11 is 1.31. The van der Waals surface area contributed by atoms with Gasteiger partial charge in [-0.2, -0.15) is 4.31 Å². The Labute approximate surface area is 215 Å². The molecule has 2 aliphatic rings. The highest BCUT2D eigenvalue weighted by Gasteiger charge is 2.30. The number of hydrogen-bond acceptors (Lipinski definition) is 7. The number of nitrogens with zero attached hydrogens (tertiary/aromatic N) is 2. The van der Waals surface area contributed by atoms with Crippen LogP contribution in [0.4, 0.5) is 9.80 Å². The van der Waals surface area contributed by atoms with Gasteiger partial charge >= 0.3 is 6.03 Å². The molecule has 1 aromatic carbocycles. The Morgan fingerprint density at radius 1 is 1.08 bits per heavy atom. The number of thiophene rings is 1. The maximum atomic E-state index is 13.1. The molecule has 1 saturated heterocycles. The fourth-order valence-corrected chi connectivity index (χ4v) is 7.47. The van der Waals surface area contributed by atoms with Crippen molar-refractivity contribution in [2.75, 3.05) is 39.0 Å².